The normalized spacial score (nSPS) is 10.6. The van der Waals surface area contributed by atoms with Gasteiger partial charge in [-0.1, -0.05) is 34.5 Å². The Kier molecular flexibility index (Phi) is 5.34. The molecule has 0 bridgehead atoms. The van der Waals surface area contributed by atoms with Gasteiger partial charge in [-0.05, 0) is 36.4 Å². The third-order valence-corrected chi connectivity index (χ3v) is 3.31. The van der Waals surface area contributed by atoms with E-state index >= 15 is 0 Å². The molecule has 0 saturated heterocycles. The van der Waals surface area contributed by atoms with Gasteiger partial charge in [0.25, 0.3) is 0 Å². The van der Waals surface area contributed by atoms with Gasteiger partial charge in [-0.3, -0.25) is 0 Å². The predicted molar refractivity (Wildman–Crippen MR) is 80.8 cm³/mol. The first-order valence-corrected chi connectivity index (χ1v) is 7.25. The zero-order valence-corrected chi connectivity index (χ0v) is 13.1. The smallest absolute Gasteiger partial charge is 0.238 e. The fourth-order valence-electron chi connectivity index (χ4n) is 1.57. The van der Waals surface area contributed by atoms with E-state index in [1.807, 2.05) is 6.92 Å². The average molecular weight is 360 g/mol. The largest absolute Gasteiger partial charge is 0.434 e. The number of benzene rings is 1. The fraction of sp³-hybridized carbons (Fsp3) is 0.214. The van der Waals surface area contributed by atoms with E-state index in [0.29, 0.717) is 16.0 Å². The van der Waals surface area contributed by atoms with Crippen molar-refractivity contribution in [2.24, 2.45) is 0 Å². The lowest BCUT2D eigenvalue weighted by molar-refractivity contribution is 0.427. The first-order valence-electron chi connectivity index (χ1n) is 6.08. The molecule has 0 spiro atoms. The summed E-state index contributed by atoms with van der Waals surface area (Å²) in [6.07, 6.45) is 1.65. The van der Waals surface area contributed by atoms with Crippen molar-refractivity contribution in [3.05, 3.63) is 51.3 Å². The summed E-state index contributed by atoms with van der Waals surface area (Å²) in [5.41, 5.74) is 0.945. The second-order valence-corrected chi connectivity index (χ2v) is 5.41. The van der Waals surface area contributed by atoms with Gasteiger partial charge in [0.1, 0.15) is 5.02 Å². The lowest BCUT2D eigenvalue weighted by Crippen LogP contribution is -2.11. The van der Waals surface area contributed by atoms with Crippen LogP contribution >= 0.6 is 27.5 Å². The highest BCUT2D eigenvalue weighted by Gasteiger charge is 2.10. The number of aromatic nitrogens is 1. The van der Waals surface area contributed by atoms with Crippen LogP contribution in [0, 0.1) is 5.82 Å². The van der Waals surface area contributed by atoms with E-state index in [2.05, 4.69) is 26.2 Å². The van der Waals surface area contributed by atoms with Gasteiger partial charge >= 0.3 is 0 Å². The summed E-state index contributed by atoms with van der Waals surface area (Å²) in [6, 6.07) is 6.28. The monoisotopic (exact) mass is 358 g/mol. The third kappa shape index (κ3) is 3.91. The van der Waals surface area contributed by atoms with Gasteiger partial charge in [0.15, 0.2) is 11.6 Å². The van der Waals surface area contributed by atoms with Gasteiger partial charge in [-0.25, -0.2) is 9.37 Å². The number of rotatable bonds is 5. The van der Waals surface area contributed by atoms with Crippen LogP contribution in [0.15, 0.2) is 34.9 Å². The summed E-state index contributed by atoms with van der Waals surface area (Å²) in [5, 5.41) is 3.52. The fourth-order valence-corrected chi connectivity index (χ4v) is 2.13. The molecule has 3 nitrogen and oxygen atoms in total. The summed E-state index contributed by atoms with van der Waals surface area (Å²) in [7, 11) is 0. The Balaban J connectivity index is 2.17. The zero-order chi connectivity index (χ0) is 14.5. The first-order chi connectivity index (χ1) is 9.60. The van der Waals surface area contributed by atoms with Crippen LogP contribution < -0.4 is 10.1 Å². The molecule has 1 aromatic heterocycles. The average Bonchev–Trinajstić information content (AvgIpc) is 2.42. The summed E-state index contributed by atoms with van der Waals surface area (Å²) >= 11 is 9.28. The highest BCUT2D eigenvalue weighted by Crippen LogP contribution is 2.30. The van der Waals surface area contributed by atoms with Gasteiger partial charge in [-0.2, -0.15) is 0 Å². The number of nitrogens with one attached hydrogen (secondary N) is 1. The number of hydrogen-bond acceptors (Lipinski definition) is 3. The Labute approximate surface area is 130 Å². The number of pyridine rings is 1. The Morgan fingerprint density at radius 2 is 2.20 bits per heavy atom. The maximum atomic E-state index is 13.7. The molecular weight excluding hydrogens is 347 g/mol. The number of hydrogen-bond donors (Lipinski definition) is 1. The zero-order valence-electron chi connectivity index (χ0n) is 10.8. The highest BCUT2D eigenvalue weighted by molar-refractivity contribution is 9.10. The molecule has 0 unspecified atom stereocenters. The molecule has 0 saturated carbocycles. The van der Waals surface area contributed by atoms with Crippen LogP contribution in [0.3, 0.4) is 0 Å². The second kappa shape index (κ2) is 7.02. The van der Waals surface area contributed by atoms with Gasteiger partial charge in [0.2, 0.25) is 5.88 Å². The highest BCUT2D eigenvalue weighted by atomic mass is 79.9. The minimum atomic E-state index is -0.478. The van der Waals surface area contributed by atoms with Gasteiger partial charge in [-0.15, -0.1) is 0 Å². The number of ether oxygens (including phenoxy) is 1. The maximum absolute atomic E-state index is 13.7. The van der Waals surface area contributed by atoms with Crippen molar-refractivity contribution >= 4 is 27.5 Å². The van der Waals surface area contributed by atoms with E-state index in [0.717, 1.165) is 12.1 Å². The molecule has 2 aromatic rings. The minimum absolute atomic E-state index is 0.0852. The molecule has 0 amide bonds. The Hall–Kier alpha value is -1.17. The van der Waals surface area contributed by atoms with E-state index in [9.17, 15) is 4.39 Å². The summed E-state index contributed by atoms with van der Waals surface area (Å²) in [6.45, 7) is 3.55. The molecule has 2 rings (SSSR count). The number of nitrogens with zero attached hydrogens (tertiary/aromatic N) is 1. The van der Waals surface area contributed by atoms with Crippen molar-refractivity contribution in [3.8, 4) is 11.6 Å². The summed E-state index contributed by atoms with van der Waals surface area (Å²) in [5.74, 6) is -0.205. The van der Waals surface area contributed by atoms with Crippen molar-refractivity contribution < 1.29 is 9.13 Å². The Bertz CT molecular complexity index is 610. The van der Waals surface area contributed by atoms with E-state index in [1.165, 1.54) is 12.1 Å². The molecular formula is C14H13BrClFN2O. The molecule has 0 atom stereocenters. The Morgan fingerprint density at radius 1 is 1.40 bits per heavy atom. The van der Waals surface area contributed by atoms with Crippen LogP contribution in [-0.4, -0.2) is 11.5 Å². The van der Waals surface area contributed by atoms with Gasteiger partial charge < -0.3 is 10.1 Å². The standard InChI is InChI=1S/C14H13BrClFN2O/c1-2-18-7-9-5-11(16)14(19-8-9)20-13-4-3-10(15)6-12(13)17/h3-6,8,18H,2,7H2,1H3. The van der Waals surface area contributed by atoms with Crippen molar-refractivity contribution in [2.45, 2.75) is 13.5 Å². The van der Waals surface area contributed by atoms with Crippen molar-refractivity contribution in [1.29, 1.82) is 0 Å². The molecule has 20 heavy (non-hydrogen) atoms. The predicted octanol–water partition coefficient (Wildman–Crippen LogP) is 4.54. The molecule has 1 aromatic carbocycles. The van der Waals surface area contributed by atoms with Crippen molar-refractivity contribution in [2.75, 3.05) is 6.54 Å². The van der Waals surface area contributed by atoms with Crippen LogP contribution in [0.5, 0.6) is 11.6 Å². The lowest BCUT2D eigenvalue weighted by atomic mass is 10.3. The van der Waals surface area contributed by atoms with E-state index in [-0.39, 0.29) is 11.6 Å². The van der Waals surface area contributed by atoms with Crippen molar-refractivity contribution in [3.63, 3.8) is 0 Å². The molecule has 106 valence electrons. The summed E-state index contributed by atoms with van der Waals surface area (Å²) < 4.78 is 19.7. The molecule has 1 heterocycles. The van der Waals surface area contributed by atoms with Crippen LogP contribution in [-0.2, 0) is 6.54 Å². The topological polar surface area (TPSA) is 34.2 Å². The van der Waals surface area contributed by atoms with E-state index in [4.69, 9.17) is 16.3 Å². The molecule has 0 radical (unpaired) electrons. The van der Waals surface area contributed by atoms with Crippen LogP contribution in [0.4, 0.5) is 4.39 Å². The van der Waals surface area contributed by atoms with Crippen LogP contribution in [0.25, 0.3) is 0 Å². The van der Waals surface area contributed by atoms with E-state index in [1.54, 1.807) is 18.3 Å². The molecule has 0 aliphatic heterocycles. The lowest BCUT2D eigenvalue weighted by Gasteiger charge is -2.09. The van der Waals surface area contributed by atoms with E-state index < -0.39 is 5.82 Å². The quantitative estimate of drug-likeness (QED) is 0.851. The molecule has 0 aliphatic carbocycles. The Morgan fingerprint density at radius 3 is 2.85 bits per heavy atom. The minimum Gasteiger partial charge on any atom is -0.434 e. The molecule has 1 N–H and O–H groups in total. The molecule has 6 heteroatoms. The van der Waals surface area contributed by atoms with Crippen LogP contribution in [0.1, 0.15) is 12.5 Å². The third-order valence-electron chi connectivity index (χ3n) is 2.54. The van der Waals surface area contributed by atoms with Crippen LogP contribution in [0.2, 0.25) is 5.02 Å². The maximum Gasteiger partial charge on any atom is 0.238 e. The van der Waals surface area contributed by atoms with Crippen molar-refractivity contribution in [1.82, 2.24) is 10.3 Å². The molecule has 0 fully saturated rings. The summed E-state index contributed by atoms with van der Waals surface area (Å²) in [4.78, 5) is 4.12. The van der Waals surface area contributed by atoms with Gasteiger partial charge in [0.05, 0.1) is 0 Å². The SMILES string of the molecule is CCNCc1cnc(Oc2ccc(Br)cc2F)c(Cl)c1. The second-order valence-electron chi connectivity index (χ2n) is 4.09. The number of halogens is 3. The first kappa shape index (κ1) is 15.2. The molecule has 0 aliphatic rings. The van der Waals surface area contributed by atoms with Gasteiger partial charge in [0, 0.05) is 17.2 Å².